The lowest BCUT2D eigenvalue weighted by Crippen LogP contribution is -2.36. The molecule has 2 unspecified atom stereocenters. The van der Waals surface area contributed by atoms with Gasteiger partial charge in [0.15, 0.2) is 0 Å². The van der Waals surface area contributed by atoms with Gasteiger partial charge in [0, 0.05) is 5.56 Å². The molecule has 2 aromatic rings. The van der Waals surface area contributed by atoms with Gasteiger partial charge in [0.2, 0.25) is 5.16 Å². The molecule has 7 heteroatoms. The van der Waals surface area contributed by atoms with Crippen LogP contribution >= 0.6 is 11.8 Å². The number of benzene rings is 1. The standard InChI is InChI=1S/C14H17N5OS/c1-15-13-10-4-2-3-5-11(10)20-8-12(13)21-14-16-17-18-19(14)9-6-7-9/h2-5,9,12-13,15H,6-8H2,1H3. The number of rotatable bonds is 4. The molecule has 1 saturated carbocycles. The molecule has 21 heavy (non-hydrogen) atoms. The zero-order chi connectivity index (χ0) is 14.2. The van der Waals surface area contributed by atoms with Crippen LogP contribution in [0.1, 0.15) is 30.5 Å². The second kappa shape index (κ2) is 5.31. The van der Waals surface area contributed by atoms with Crippen molar-refractivity contribution < 1.29 is 4.74 Å². The third-order valence-corrected chi connectivity index (χ3v) is 5.14. The van der Waals surface area contributed by atoms with Crippen LogP contribution in [-0.2, 0) is 0 Å². The first-order valence-corrected chi connectivity index (χ1v) is 8.08. The molecule has 0 radical (unpaired) electrons. The molecular formula is C14H17N5OS. The molecule has 0 spiro atoms. The van der Waals surface area contributed by atoms with Crippen LogP contribution in [0.3, 0.4) is 0 Å². The van der Waals surface area contributed by atoms with Gasteiger partial charge in [0.1, 0.15) is 12.4 Å². The van der Waals surface area contributed by atoms with E-state index >= 15 is 0 Å². The van der Waals surface area contributed by atoms with E-state index in [2.05, 4.69) is 26.9 Å². The van der Waals surface area contributed by atoms with E-state index < -0.39 is 0 Å². The Morgan fingerprint density at radius 1 is 1.33 bits per heavy atom. The Labute approximate surface area is 127 Å². The minimum absolute atomic E-state index is 0.240. The topological polar surface area (TPSA) is 64.9 Å². The summed E-state index contributed by atoms with van der Waals surface area (Å²) in [6.07, 6.45) is 2.36. The SMILES string of the molecule is CNC1c2ccccc2OCC1Sc1nnnn1C1CC1. The molecule has 110 valence electrons. The first-order valence-electron chi connectivity index (χ1n) is 7.20. The Hall–Kier alpha value is -1.60. The predicted octanol–water partition coefficient (Wildman–Crippen LogP) is 1.82. The van der Waals surface area contributed by atoms with Crippen molar-refractivity contribution in [2.24, 2.45) is 0 Å². The number of hydrogen-bond donors (Lipinski definition) is 1. The number of ether oxygens (including phenoxy) is 1. The third kappa shape index (κ3) is 2.40. The predicted molar refractivity (Wildman–Crippen MR) is 79.5 cm³/mol. The van der Waals surface area contributed by atoms with E-state index in [9.17, 15) is 0 Å². The zero-order valence-corrected chi connectivity index (χ0v) is 12.6. The molecule has 2 atom stereocenters. The molecule has 1 aromatic carbocycles. The Balaban J connectivity index is 1.59. The number of nitrogens with zero attached hydrogens (tertiary/aromatic N) is 4. The van der Waals surface area contributed by atoms with E-state index in [1.54, 1.807) is 11.8 Å². The van der Waals surface area contributed by atoms with Crippen LogP contribution in [0.5, 0.6) is 5.75 Å². The third-order valence-electron chi connectivity index (χ3n) is 3.95. The van der Waals surface area contributed by atoms with Crippen LogP contribution in [0.2, 0.25) is 0 Å². The van der Waals surface area contributed by atoms with E-state index in [0.29, 0.717) is 12.6 Å². The molecule has 0 saturated heterocycles. The Morgan fingerprint density at radius 3 is 3.00 bits per heavy atom. The minimum Gasteiger partial charge on any atom is -0.492 e. The lowest BCUT2D eigenvalue weighted by Gasteiger charge is -2.32. The van der Waals surface area contributed by atoms with Gasteiger partial charge in [0.05, 0.1) is 17.3 Å². The zero-order valence-electron chi connectivity index (χ0n) is 11.8. The van der Waals surface area contributed by atoms with Crippen molar-refractivity contribution in [2.45, 2.75) is 35.3 Å². The van der Waals surface area contributed by atoms with Gasteiger partial charge in [-0.05, 0) is 36.4 Å². The number of aromatic nitrogens is 4. The lowest BCUT2D eigenvalue weighted by atomic mass is 10.0. The summed E-state index contributed by atoms with van der Waals surface area (Å²) in [5, 5.41) is 16.7. The number of fused-ring (bicyclic) bond motifs is 1. The molecule has 0 amide bonds. The maximum Gasteiger partial charge on any atom is 0.210 e. The fourth-order valence-electron chi connectivity index (χ4n) is 2.73. The van der Waals surface area contributed by atoms with Gasteiger partial charge in [-0.15, -0.1) is 5.10 Å². The second-order valence-corrected chi connectivity index (χ2v) is 6.62. The van der Waals surface area contributed by atoms with Crippen LogP contribution in [0.4, 0.5) is 0 Å². The summed E-state index contributed by atoms with van der Waals surface area (Å²) in [4.78, 5) is 0. The summed E-state index contributed by atoms with van der Waals surface area (Å²) in [6, 6.07) is 8.93. The van der Waals surface area contributed by atoms with Crippen LogP contribution in [0.15, 0.2) is 29.4 Å². The smallest absolute Gasteiger partial charge is 0.210 e. The summed E-state index contributed by atoms with van der Waals surface area (Å²) >= 11 is 1.70. The molecule has 1 aliphatic heterocycles. The van der Waals surface area contributed by atoms with Crippen molar-refractivity contribution in [2.75, 3.05) is 13.7 Å². The van der Waals surface area contributed by atoms with Crippen LogP contribution in [0.25, 0.3) is 0 Å². The summed E-state index contributed by atoms with van der Waals surface area (Å²) in [5.74, 6) is 0.968. The fraction of sp³-hybridized carbons (Fsp3) is 0.500. The number of para-hydroxylation sites is 1. The average Bonchev–Trinajstić information content (AvgIpc) is 3.27. The van der Waals surface area contributed by atoms with Gasteiger partial charge in [-0.1, -0.05) is 30.0 Å². The van der Waals surface area contributed by atoms with Crippen molar-refractivity contribution in [3.05, 3.63) is 29.8 Å². The molecular weight excluding hydrogens is 286 g/mol. The van der Waals surface area contributed by atoms with Crippen molar-refractivity contribution >= 4 is 11.8 Å². The van der Waals surface area contributed by atoms with E-state index in [0.717, 1.165) is 10.9 Å². The van der Waals surface area contributed by atoms with Gasteiger partial charge in [-0.2, -0.15) is 0 Å². The Bertz CT molecular complexity index is 642. The van der Waals surface area contributed by atoms with Gasteiger partial charge < -0.3 is 10.1 Å². The van der Waals surface area contributed by atoms with Gasteiger partial charge in [0.25, 0.3) is 0 Å². The second-order valence-electron chi connectivity index (χ2n) is 5.41. The summed E-state index contributed by atoms with van der Waals surface area (Å²) in [5.41, 5.74) is 1.20. The number of thioether (sulfide) groups is 1. The van der Waals surface area contributed by atoms with E-state index in [1.165, 1.54) is 18.4 Å². The Morgan fingerprint density at radius 2 is 2.19 bits per heavy atom. The lowest BCUT2D eigenvalue weighted by molar-refractivity contribution is 0.264. The van der Waals surface area contributed by atoms with Crippen molar-refractivity contribution in [3.63, 3.8) is 0 Å². The summed E-state index contributed by atoms with van der Waals surface area (Å²) < 4.78 is 7.85. The molecule has 0 bridgehead atoms. The molecule has 4 rings (SSSR count). The molecule has 1 fully saturated rings. The monoisotopic (exact) mass is 303 g/mol. The largest absolute Gasteiger partial charge is 0.492 e. The molecule has 1 N–H and O–H groups in total. The van der Waals surface area contributed by atoms with E-state index in [4.69, 9.17) is 4.74 Å². The molecule has 2 heterocycles. The average molecular weight is 303 g/mol. The maximum atomic E-state index is 5.89. The highest BCUT2D eigenvalue weighted by atomic mass is 32.2. The highest BCUT2D eigenvalue weighted by Crippen LogP contribution is 2.41. The van der Waals surface area contributed by atoms with Crippen molar-refractivity contribution in [3.8, 4) is 5.75 Å². The van der Waals surface area contributed by atoms with Crippen LogP contribution < -0.4 is 10.1 Å². The first-order chi connectivity index (χ1) is 10.4. The quantitative estimate of drug-likeness (QED) is 0.929. The molecule has 2 aliphatic rings. The summed E-state index contributed by atoms with van der Waals surface area (Å²) in [7, 11) is 1.99. The van der Waals surface area contributed by atoms with Crippen molar-refractivity contribution in [1.29, 1.82) is 0 Å². The molecule has 1 aromatic heterocycles. The van der Waals surface area contributed by atoms with Crippen molar-refractivity contribution in [1.82, 2.24) is 25.5 Å². The number of hydrogen-bond acceptors (Lipinski definition) is 6. The van der Waals surface area contributed by atoms with Gasteiger partial charge >= 0.3 is 0 Å². The van der Waals surface area contributed by atoms with Gasteiger partial charge in [-0.3, -0.25) is 0 Å². The van der Waals surface area contributed by atoms with E-state index in [1.807, 2.05) is 29.9 Å². The fourth-order valence-corrected chi connectivity index (χ4v) is 3.93. The minimum atomic E-state index is 0.240. The highest BCUT2D eigenvalue weighted by Gasteiger charge is 2.34. The van der Waals surface area contributed by atoms with Crippen LogP contribution in [0, 0.1) is 0 Å². The highest BCUT2D eigenvalue weighted by molar-refractivity contribution is 7.99. The Kier molecular flexibility index (Phi) is 3.31. The maximum absolute atomic E-state index is 5.89. The summed E-state index contributed by atoms with van der Waals surface area (Å²) in [6.45, 7) is 0.657. The number of nitrogens with one attached hydrogen (secondary N) is 1. The van der Waals surface area contributed by atoms with Crippen LogP contribution in [-0.4, -0.2) is 39.1 Å². The normalized spacial score (nSPS) is 24.4. The molecule has 1 aliphatic carbocycles. The van der Waals surface area contributed by atoms with E-state index in [-0.39, 0.29) is 11.3 Å². The number of tetrazole rings is 1. The molecule has 6 nitrogen and oxygen atoms in total. The van der Waals surface area contributed by atoms with Gasteiger partial charge in [-0.25, -0.2) is 4.68 Å². The first kappa shape index (κ1) is 13.1.